The maximum atomic E-state index is 8.62. The predicted octanol–water partition coefficient (Wildman–Crippen LogP) is 2.75. The standard InChI is InChI=1S/C13H21NO/c14-13-9-6-8-12(11-13)7-4-2-1-3-5-10-15/h6,8-9,11,15H,1-5,7,10,14H2. The van der Waals surface area contributed by atoms with Gasteiger partial charge in [-0.1, -0.05) is 31.4 Å². The first-order valence-corrected chi connectivity index (χ1v) is 5.78. The van der Waals surface area contributed by atoms with Gasteiger partial charge in [-0.25, -0.2) is 0 Å². The van der Waals surface area contributed by atoms with Gasteiger partial charge in [-0.15, -0.1) is 0 Å². The van der Waals surface area contributed by atoms with Crippen molar-refractivity contribution in [3.05, 3.63) is 29.8 Å². The van der Waals surface area contributed by atoms with E-state index in [9.17, 15) is 0 Å². The van der Waals surface area contributed by atoms with Gasteiger partial charge in [0.15, 0.2) is 0 Å². The van der Waals surface area contributed by atoms with Gasteiger partial charge in [0.1, 0.15) is 0 Å². The molecule has 0 aromatic heterocycles. The average Bonchev–Trinajstić information content (AvgIpc) is 2.23. The van der Waals surface area contributed by atoms with Crippen LogP contribution < -0.4 is 5.73 Å². The smallest absolute Gasteiger partial charge is 0.0431 e. The van der Waals surface area contributed by atoms with Gasteiger partial charge < -0.3 is 10.8 Å². The molecule has 0 aliphatic carbocycles. The molecule has 0 atom stereocenters. The second-order valence-corrected chi connectivity index (χ2v) is 3.99. The second kappa shape index (κ2) is 7.30. The summed E-state index contributed by atoms with van der Waals surface area (Å²) in [4.78, 5) is 0. The van der Waals surface area contributed by atoms with E-state index in [1.54, 1.807) is 0 Å². The third-order valence-electron chi connectivity index (χ3n) is 2.57. The SMILES string of the molecule is Nc1cccc(CCCCCCCO)c1. The Labute approximate surface area is 92.1 Å². The molecule has 84 valence electrons. The zero-order valence-corrected chi connectivity index (χ0v) is 9.28. The number of aliphatic hydroxyl groups excluding tert-OH is 1. The number of hydrogen-bond acceptors (Lipinski definition) is 2. The molecule has 0 radical (unpaired) electrons. The fourth-order valence-electron chi connectivity index (χ4n) is 1.72. The fraction of sp³-hybridized carbons (Fsp3) is 0.538. The molecular weight excluding hydrogens is 186 g/mol. The molecule has 2 heteroatoms. The summed E-state index contributed by atoms with van der Waals surface area (Å²) < 4.78 is 0. The number of aryl methyl sites for hydroxylation is 1. The third-order valence-corrected chi connectivity index (χ3v) is 2.57. The molecule has 1 aromatic carbocycles. The van der Waals surface area contributed by atoms with Crippen LogP contribution in [-0.4, -0.2) is 11.7 Å². The lowest BCUT2D eigenvalue weighted by atomic mass is 10.1. The first-order chi connectivity index (χ1) is 7.33. The Morgan fingerprint density at radius 3 is 2.47 bits per heavy atom. The predicted molar refractivity (Wildman–Crippen MR) is 64.7 cm³/mol. The van der Waals surface area contributed by atoms with Gasteiger partial charge in [0.25, 0.3) is 0 Å². The van der Waals surface area contributed by atoms with E-state index in [0.29, 0.717) is 6.61 Å². The lowest BCUT2D eigenvalue weighted by molar-refractivity contribution is 0.282. The Balaban J connectivity index is 2.10. The van der Waals surface area contributed by atoms with Crippen molar-refractivity contribution in [3.63, 3.8) is 0 Å². The van der Waals surface area contributed by atoms with Crippen LogP contribution in [0.15, 0.2) is 24.3 Å². The van der Waals surface area contributed by atoms with Crippen LogP contribution in [0.2, 0.25) is 0 Å². The molecule has 1 aromatic rings. The highest BCUT2D eigenvalue weighted by Gasteiger charge is 1.94. The Hall–Kier alpha value is -1.02. The fourth-order valence-corrected chi connectivity index (χ4v) is 1.72. The quantitative estimate of drug-likeness (QED) is 0.533. The monoisotopic (exact) mass is 207 g/mol. The maximum absolute atomic E-state index is 8.62. The third kappa shape index (κ3) is 5.43. The molecule has 0 fully saturated rings. The normalized spacial score (nSPS) is 10.5. The summed E-state index contributed by atoms with van der Waals surface area (Å²) in [5, 5.41) is 8.62. The van der Waals surface area contributed by atoms with Crippen LogP contribution in [-0.2, 0) is 6.42 Å². The van der Waals surface area contributed by atoms with Crippen molar-refractivity contribution in [2.45, 2.75) is 38.5 Å². The number of rotatable bonds is 7. The summed E-state index contributed by atoms with van der Waals surface area (Å²) in [5.74, 6) is 0. The van der Waals surface area contributed by atoms with E-state index in [2.05, 4.69) is 6.07 Å². The number of anilines is 1. The molecule has 0 aliphatic rings. The molecule has 0 saturated heterocycles. The zero-order valence-electron chi connectivity index (χ0n) is 9.28. The Bertz CT molecular complexity index is 273. The first-order valence-electron chi connectivity index (χ1n) is 5.78. The highest BCUT2D eigenvalue weighted by molar-refractivity contribution is 5.40. The molecule has 2 nitrogen and oxygen atoms in total. The van der Waals surface area contributed by atoms with Gasteiger partial charge in [-0.2, -0.15) is 0 Å². The van der Waals surface area contributed by atoms with Gasteiger partial charge in [0, 0.05) is 12.3 Å². The molecule has 3 N–H and O–H groups in total. The van der Waals surface area contributed by atoms with Crippen LogP contribution in [0.3, 0.4) is 0 Å². The van der Waals surface area contributed by atoms with Gasteiger partial charge in [0.2, 0.25) is 0 Å². The molecule has 0 saturated carbocycles. The minimum Gasteiger partial charge on any atom is -0.399 e. The van der Waals surface area contributed by atoms with Crippen molar-refractivity contribution in [1.29, 1.82) is 0 Å². The Morgan fingerprint density at radius 2 is 1.73 bits per heavy atom. The van der Waals surface area contributed by atoms with E-state index < -0.39 is 0 Å². The molecule has 0 spiro atoms. The number of aliphatic hydroxyl groups is 1. The van der Waals surface area contributed by atoms with Crippen LogP contribution >= 0.6 is 0 Å². The van der Waals surface area contributed by atoms with Crippen molar-refractivity contribution in [1.82, 2.24) is 0 Å². The number of nitrogens with two attached hydrogens (primary N) is 1. The Kier molecular flexibility index (Phi) is 5.86. The number of nitrogen functional groups attached to an aromatic ring is 1. The van der Waals surface area contributed by atoms with Crippen LogP contribution in [0.4, 0.5) is 5.69 Å². The van der Waals surface area contributed by atoms with Crippen LogP contribution in [0.5, 0.6) is 0 Å². The van der Waals surface area contributed by atoms with E-state index >= 15 is 0 Å². The molecule has 15 heavy (non-hydrogen) atoms. The number of unbranched alkanes of at least 4 members (excludes halogenated alkanes) is 4. The molecule has 1 rings (SSSR count). The minimum absolute atomic E-state index is 0.329. The van der Waals surface area contributed by atoms with Gasteiger partial charge in [-0.3, -0.25) is 0 Å². The largest absolute Gasteiger partial charge is 0.399 e. The van der Waals surface area contributed by atoms with Crippen molar-refractivity contribution >= 4 is 5.69 Å². The number of benzene rings is 1. The molecule has 0 amide bonds. The highest BCUT2D eigenvalue weighted by Crippen LogP contribution is 2.11. The lowest BCUT2D eigenvalue weighted by Gasteiger charge is -2.02. The summed E-state index contributed by atoms with van der Waals surface area (Å²) in [6, 6.07) is 8.11. The Morgan fingerprint density at radius 1 is 1.00 bits per heavy atom. The zero-order chi connectivity index (χ0) is 10.9. The van der Waals surface area contributed by atoms with E-state index in [-0.39, 0.29) is 0 Å². The molecule has 0 unspecified atom stereocenters. The van der Waals surface area contributed by atoms with Crippen molar-refractivity contribution in [3.8, 4) is 0 Å². The summed E-state index contributed by atoms with van der Waals surface area (Å²) in [5.41, 5.74) is 7.89. The topological polar surface area (TPSA) is 46.2 Å². The minimum atomic E-state index is 0.329. The van der Waals surface area contributed by atoms with Crippen molar-refractivity contribution in [2.75, 3.05) is 12.3 Å². The van der Waals surface area contributed by atoms with Crippen LogP contribution in [0, 0.1) is 0 Å². The van der Waals surface area contributed by atoms with Gasteiger partial charge >= 0.3 is 0 Å². The maximum Gasteiger partial charge on any atom is 0.0431 e. The van der Waals surface area contributed by atoms with Crippen LogP contribution in [0.1, 0.15) is 37.7 Å². The average molecular weight is 207 g/mol. The van der Waals surface area contributed by atoms with E-state index in [1.807, 2.05) is 18.2 Å². The highest BCUT2D eigenvalue weighted by atomic mass is 16.2. The van der Waals surface area contributed by atoms with E-state index in [0.717, 1.165) is 24.9 Å². The van der Waals surface area contributed by atoms with Gasteiger partial charge in [0.05, 0.1) is 0 Å². The lowest BCUT2D eigenvalue weighted by Crippen LogP contribution is -1.90. The summed E-state index contributed by atoms with van der Waals surface area (Å²) in [6.45, 7) is 0.329. The van der Waals surface area contributed by atoms with E-state index in [1.165, 1.54) is 24.8 Å². The number of hydrogen-bond donors (Lipinski definition) is 2. The summed E-state index contributed by atoms with van der Waals surface area (Å²) in [7, 11) is 0. The molecule has 0 heterocycles. The van der Waals surface area contributed by atoms with E-state index in [4.69, 9.17) is 10.8 Å². The van der Waals surface area contributed by atoms with Crippen molar-refractivity contribution in [2.24, 2.45) is 0 Å². The second-order valence-electron chi connectivity index (χ2n) is 3.99. The first kappa shape index (κ1) is 12.1. The molecule has 0 bridgehead atoms. The summed E-state index contributed by atoms with van der Waals surface area (Å²) in [6.07, 6.45) is 6.89. The molecular formula is C13H21NO. The van der Waals surface area contributed by atoms with Crippen LogP contribution in [0.25, 0.3) is 0 Å². The van der Waals surface area contributed by atoms with Crippen molar-refractivity contribution < 1.29 is 5.11 Å². The molecule has 0 aliphatic heterocycles. The van der Waals surface area contributed by atoms with Gasteiger partial charge in [-0.05, 0) is 37.0 Å². The summed E-state index contributed by atoms with van der Waals surface area (Å²) >= 11 is 0.